The summed E-state index contributed by atoms with van der Waals surface area (Å²) in [6.07, 6.45) is 1.88. The van der Waals surface area contributed by atoms with Crippen LogP contribution in [-0.4, -0.2) is 35.6 Å². The molecule has 142 valence electrons. The summed E-state index contributed by atoms with van der Waals surface area (Å²) < 4.78 is 0. The van der Waals surface area contributed by atoms with E-state index in [1.807, 2.05) is 38.1 Å². The normalized spacial score (nSPS) is 13.4. The minimum atomic E-state index is 0.0312. The first kappa shape index (κ1) is 19.4. The first-order valence-corrected chi connectivity index (χ1v) is 10.2. The monoisotopic (exact) mass is 383 g/mol. The third-order valence-electron chi connectivity index (χ3n) is 4.55. The van der Waals surface area contributed by atoms with E-state index in [0.29, 0.717) is 31.7 Å². The van der Waals surface area contributed by atoms with E-state index < -0.39 is 0 Å². The minimum Gasteiger partial charge on any atom is -0.356 e. The highest BCUT2D eigenvalue weighted by molar-refractivity contribution is 8.00. The van der Waals surface area contributed by atoms with Crippen LogP contribution in [0.4, 0.5) is 5.69 Å². The number of hydrogen-bond acceptors (Lipinski definition) is 4. The van der Waals surface area contributed by atoms with E-state index in [2.05, 4.69) is 22.4 Å². The number of thioether (sulfide) groups is 1. The summed E-state index contributed by atoms with van der Waals surface area (Å²) in [5.41, 5.74) is 4.15. The average molecular weight is 384 g/mol. The largest absolute Gasteiger partial charge is 0.356 e. The molecule has 1 aromatic heterocycles. The van der Waals surface area contributed by atoms with Crippen LogP contribution in [0.15, 0.2) is 41.4 Å². The SMILES string of the molecule is Cc1cc(C)c2c(n1)SCC(=O)N2CCCC(=O)NCCc1ccccc1. The third kappa shape index (κ3) is 5.10. The van der Waals surface area contributed by atoms with Gasteiger partial charge in [-0.15, -0.1) is 0 Å². The fourth-order valence-electron chi connectivity index (χ4n) is 3.27. The number of nitrogens with one attached hydrogen (secondary N) is 1. The van der Waals surface area contributed by atoms with Gasteiger partial charge in [-0.05, 0) is 43.9 Å². The number of fused-ring (bicyclic) bond motifs is 1. The number of carbonyl (C=O) groups excluding carboxylic acids is 2. The summed E-state index contributed by atoms with van der Waals surface area (Å²) in [4.78, 5) is 30.8. The maximum absolute atomic E-state index is 12.4. The number of aromatic nitrogens is 1. The van der Waals surface area contributed by atoms with Crippen molar-refractivity contribution in [3.63, 3.8) is 0 Å². The van der Waals surface area contributed by atoms with Gasteiger partial charge in [-0.3, -0.25) is 9.59 Å². The van der Waals surface area contributed by atoms with Gasteiger partial charge in [0.15, 0.2) is 0 Å². The van der Waals surface area contributed by atoms with Crippen molar-refractivity contribution in [1.29, 1.82) is 0 Å². The van der Waals surface area contributed by atoms with Crippen molar-refractivity contribution in [2.45, 2.75) is 38.1 Å². The Morgan fingerprint density at radius 1 is 1.26 bits per heavy atom. The molecule has 1 N–H and O–H groups in total. The Morgan fingerprint density at radius 2 is 2.04 bits per heavy atom. The second-order valence-electron chi connectivity index (χ2n) is 6.76. The lowest BCUT2D eigenvalue weighted by atomic mass is 10.1. The molecule has 2 aromatic rings. The van der Waals surface area contributed by atoms with Gasteiger partial charge < -0.3 is 10.2 Å². The van der Waals surface area contributed by atoms with E-state index in [4.69, 9.17) is 0 Å². The quantitative estimate of drug-likeness (QED) is 0.797. The smallest absolute Gasteiger partial charge is 0.237 e. The van der Waals surface area contributed by atoms with Crippen molar-refractivity contribution in [3.05, 3.63) is 53.2 Å². The molecular formula is C21H25N3O2S. The summed E-state index contributed by atoms with van der Waals surface area (Å²) in [5.74, 6) is 0.529. The molecule has 6 heteroatoms. The lowest BCUT2D eigenvalue weighted by molar-refractivity contribution is -0.121. The summed E-state index contributed by atoms with van der Waals surface area (Å²) in [7, 11) is 0. The molecule has 0 saturated carbocycles. The van der Waals surface area contributed by atoms with Crippen molar-refractivity contribution >= 4 is 29.3 Å². The van der Waals surface area contributed by atoms with Crippen LogP contribution in [0, 0.1) is 13.8 Å². The molecular weight excluding hydrogens is 358 g/mol. The molecule has 0 aliphatic carbocycles. The van der Waals surface area contributed by atoms with Crippen LogP contribution in [-0.2, 0) is 16.0 Å². The van der Waals surface area contributed by atoms with Crippen LogP contribution in [0.3, 0.4) is 0 Å². The second-order valence-corrected chi connectivity index (χ2v) is 7.72. The molecule has 0 atom stereocenters. The Balaban J connectivity index is 1.49. The zero-order valence-electron chi connectivity index (χ0n) is 15.8. The van der Waals surface area contributed by atoms with Crippen LogP contribution in [0.25, 0.3) is 0 Å². The van der Waals surface area contributed by atoms with E-state index in [1.165, 1.54) is 17.3 Å². The van der Waals surface area contributed by atoms with Gasteiger partial charge >= 0.3 is 0 Å². The zero-order valence-corrected chi connectivity index (χ0v) is 16.6. The van der Waals surface area contributed by atoms with Crippen molar-refractivity contribution in [3.8, 4) is 0 Å². The molecule has 3 rings (SSSR count). The fourth-order valence-corrected chi connectivity index (χ4v) is 4.30. The standard InChI is InChI=1S/C21H25N3O2S/c1-15-13-16(2)23-21-20(15)24(19(26)14-27-21)12-6-9-18(25)22-11-10-17-7-4-3-5-8-17/h3-5,7-8,13H,6,9-12,14H2,1-2H3,(H,22,25). The van der Waals surface area contributed by atoms with Crippen molar-refractivity contribution < 1.29 is 9.59 Å². The molecule has 27 heavy (non-hydrogen) atoms. The van der Waals surface area contributed by atoms with E-state index in [0.717, 1.165) is 28.4 Å². The highest BCUT2D eigenvalue weighted by Gasteiger charge is 2.27. The molecule has 5 nitrogen and oxygen atoms in total. The molecule has 0 saturated heterocycles. The van der Waals surface area contributed by atoms with E-state index in [9.17, 15) is 9.59 Å². The number of anilines is 1. The molecule has 2 heterocycles. The molecule has 1 aliphatic rings. The zero-order chi connectivity index (χ0) is 19.2. The number of amides is 2. The van der Waals surface area contributed by atoms with Gasteiger partial charge in [-0.1, -0.05) is 42.1 Å². The lowest BCUT2D eigenvalue weighted by Gasteiger charge is -2.30. The summed E-state index contributed by atoms with van der Waals surface area (Å²) in [5, 5.41) is 3.88. The van der Waals surface area contributed by atoms with Gasteiger partial charge in [0.25, 0.3) is 0 Å². The number of aryl methyl sites for hydroxylation is 2. The van der Waals surface area contributed by atoms with Crippen molar-refractivity contribution in [2.75, 3.05) is 23.7 Å². The maximum atomic E-state index is 12.4. The predicted molar refractivity (Wildman–Crippen MR) is 109 cm³/mol. The minimum absolute atomic E-state index is 0.0312. The molecule has 0 spiro atoms. The van der Waals surface area contributed by atoms with Gasteiger partial charge in [0, 0.05) is 25.2 Å². The summed E-state index contributed by atoms with van der Waals surface area (Å²) in [6, 6.07) is 12.1. The van der Waals surface area contributed by atoms with Crippen LogP contribution < -0.4 is 10.2 Å². The van der Waals surface area contributed by atoms with Gasteiger partial charge in [0.05, 0.1) is 11.4 Å². The van der Waals surface area contributed by atoms with Crippen LogP contribution in [0.5, 0.6) is 0 Å². The first-order valence-electron chi connectivity index (χ1n) is 9.26. The molecule has 0 radical (unpaired) electrons. The Morgan fingerprint density at radius 3 is 2.81 bits per heavy atom. The van der Waals surface area contributed by atoms with Gasteiger partial charge in [-0.25, -0.2) is 4.98 Å². The Bertz CT molecular complexity index is 824. The first-order chi connectivity index (χ1) is 13.0. The van der Waals surface area contributed by atoms with E-state index in [1.54, 1.807) is 4.90 Å². The van der Waals surface area contributed by atoms with Crippen LogP contribution in [0.1, 0.15) is 29.7 Å². The molecule has 0 bridgehead atoms. The molecule has 1 aromatic carbocycles. The second kappa shape index (κ2) is 9.04. The Labute approximate surface area is 164 Å². The number of nitrogens with zero attached hydrogens (tertiary/aromatic N) is 2. The molecule has 2 amide bonds. The van der Waals surface area contributed by atoms with E-state index >= 15 is 0 Å². The van der Waals surface area contributed by atoms with Crippen LogP contribution in [0.2, 0.25) is 0 Å². The highest BCUT2D eigenvalue weighted by atomic mass is 32.2. The van der Waals surface area contributed by atoms with E-state index in [-0.39, 0.29) is 11.8 Å². The Kier molecular flexibility index (Phi) is 6.50. The van der Waals surface area contributed by atoms with Gasteiger partial charge in [-0.2, -0.15) is 0 Å². The Hall–Kier alpha value is -2.34. The lowest BCUT2D eigenvalue weighted by Crippen LogP contribution is -2.37. The summed E-state index contributed by atoms with van der Waals surface area (Å²) >= 11 is 1.50. The van der Waals surface area contributed by atoms with Crippen molar-refractivity contribution in [2.24, 2.45) is 0 Å². The number of pyridine rings is 1. The average Bonchev–Trinajstić information content (AvgIpc) is 2.64. The van der Waals surface area contributed by atoms with Gasteiger partial charge in [0.1, 0.15) is 5.03 Å². The number of carbonyl (C=O) groups is 2. The number of rotatable bonds is 7. The third-order valence-corrected chi connectivity index (χ3v) is 5.50. The number of benzene rings is 1. The topological polar surface area (TPSA) is 62.3 Å². The van der Waals surface area contributed by atoms with Crippen molar-refractivity contribution in [1.82, 2.24) is 10.3 Å². The molecule has 1 aliphatic heterocycles. The summed E-state index contributed by atoms with van der Waals surface area (Å²) in [6.45, 7) is 5.15. The maximum Gasteiger partial charge on any atom is 0.237 e. The molecule has 0 fully saturated rings. The predicted octanol–water partition coefficient (Wildman–Crippen LogP) is 3.28. The molecule has 0 unspecified atom stereocenters. The van der Waals surface area contributed by atoms with Crippen LogP contribution >= 0.6 is 11.8 Å². The highest BCUT2D eigenvalue weighted by Crippen LogP contribution is 2.36. The fraction of sp³-hybridized carbons (Fsp3) is 0.381. The van der Waals surface area contributed by atoms with Gasteiger partial charge in [0.2, 0.25) is 11.8 Å². The number of hydrogen-bond donors (Lipinski definition) is 1.